The van der Waals surface area contributed by atoms with E-state index in [2.05, 4.69) is 0 Å². The van der Waals surface area contributed by atoms with E-state index < -0.39 is 11.7 Å². The molecule has 126 valence electrons. The van der Waals surface area contributed by atoms with Crippen molar-refractivity contribution in [3.63, 3.8) is 0 Å². The van der Waals surface area contributed by atoms with Crippen LogP contribution in [0, 0.1) is 11.7 Å². The second kappa shape index (κ2) is 6.18. The van der Waals surface area contributed by atoms with Crippen molar-refractivity contribution in [1.29, 1.82) is 0 Å². The molecule has 1 aromatic rings. The van der Waals surface area contributed by atoms with Crippen LogP contribution in [0.25, 0.3) is 0 Å². The van der Waals surface area contributed by atoms with Crippen molar-refractivity contribution in [3.8, 4) is 5.75 Å². The highest BCUT2D eigenvalue weighted by Crippen LogP contribution is 2.26. The van der Waals surface area contributed by atoms with E-state index in [1.54, 1.807) is 7.05 Å². The van der Waals surface area contributed by atoms with Gasteiger partial charge < -0.3 is 14.9 Å². The summed E-state index contributed by atoms with van der Waals surface area (Å²) in [6.07, 6.45) is 0.396. The quantitative estimate of drug-likeness (QED) is 0.928. The number of benzene rings is 1. The van der Waals surface area contributed by atoms with Gasteiger partial charge in [0.2, 0.25) is 5.91 Å². The number of halogens is 1. The van der Waals surface area contributed by atoms with Gasteiger partial charge in [0, 0.05) is 44.1 Å². The van der Waals surface area contributed by atoms with Gasteiger partial charge in [-0.05, 0) is 32.9 Å². The molecule has 1 aliphatic rings. The summed E-state index contributed by atoms with van der Waals surface area (Å²) in [6.45, 7) is 6.92. The van der Waals surface area contributed by atoms with Crippen molar-refractivity contribution in [3.05, 3.63) is 29.6 Å². The molecule has 1 atom stereocenters. The Kier molecular flexibility index (Phi) is 4.63. The molecular weight excluding hydrogens is 299 g/mol. The first-order valence-corrected chi connectivity index (χ1v) is 7.64. The van der Waals surface area contributed by atoms with Gasteiger partial charge in [-0.1, -0.05) is 0 Å². The summed E-state index contributed by atoms with van der Waals surface area (Å²) >= 11 is 0. The van der Waals surface area contributed by atoms with Gasteiger partial charge >= 0.3 is 0 Å². The monoisotopic (exact) mass is 322 g/mol. The maximum Gasteiger partial charge on any atom is 0.256 e. The Morgan fingerprint density at radius 3 is 2.61 bits per heavy atom. The minimum atomic E-state index is -0.749. The van der Waals surface area contributed by atoms with Crippen molar-refractivity contribution in [1.82, 2.24) is 9.80 Å². The standard InChI is InChI=1S/C17H23FN2O3/c1-17(2,3)20-10-11(7-15(20)22)9-19(4)16(23)13-6-5-12(21)8-14(13)18/h5-6,8,11,21H,7,9-10H2,1-4H3/t11-/m1/s1. The molecule has 0 radical (unpaired) electrons. The van der Waals surface area contributed by atoms with Crippen molar-refractivity contribution < 1.29 is 19.1 Å². The average molecular weight is 322 g/mol. The van der Waals surface area contributed by atoms with E-state index in [0.717, 1.165) is 6.07 Å². The molecule has 0 spiro atoms. The lowest BCUT2D eigenvalue weighted by atomic mass is 10.1. The predicted molar refractivity (Wildman–Crippen MR) is 84.6 cm³/mol. The van der Waals surface area contributed by atoms with E-state index >= 15 is 0 Å². The minimum absolute atomic E-state index is 0.0378. The van der Waals surface area contributed by atoms with E-state index in [4.69, 9.17) is 0 Å². The lowest BCUT2D eigenvalue weighted by Gasteiger charge is -2.32. The zero-order valence-electron chi connectivity index (χ0n) is 14.0. The summed E-state index contributed by atoms with van der Waals surface area (Å²) in [6, 6.07) is 3.47. The highest BCUT2D eigenvalue weighted by atomic mass is 19.1. The number of hydrogen-bond acceptors (Lipinski definition) is 3. The lowest BCUT2D eigenvalue weighted by molar-refractivity contribution is -0.131. The van der Waals surface area contributed by atoms with Gasteiger partial charge in [-0.15, -0.1) is 0 Å². The fraction of sp³-hybridized carbons (Fsp3) is 0.529. The summed E-state index contributed by atoms with van der Waals surface area (Å²) in [7, 11) is 1.60. The van der Waals surface area contributed by atoms with E-state index in [1.165, 1.54) is 17.0 Å². The number of nitrogens with zero attached hydrogens (tertiary/aromatic N) is 2. The Bertz CT molecular complexity index is 625. The molecule has 1 fully saturated rings. The SMILES string of the molecule is CN(C[C@H]1CC(=O)N(C(C)(C)C)C1)C(=O)c1ccc(O)cc1F. The van der Waals surface area contributed by atoms with E-state index in [0.29, 0.717) is 19.5 Å². The molecule has 1 heterocycles. The van der Waals surface area contributed by atoms with Crippen LogP contribution in [0.1, 0.15) is 37.6 Å². The van der Waals surface area contributed by atoms with Crippen LogP contribution < -0.4 is 0 Å². The second-order valence-electron chi connectivity index (χ2n) is 7.10. The van der Waals surface area contributed by atoms with E-state index in [-0.39, 0.29) is 28.7 Å². The highest BCUT2D eigenvalue weighted by molar-refractivity contribution is 5.94. The number of hydrogen-bond donors (Lipinski definition) is 1. The lowest BCUT2D eigenvalue weighted by Crippen LogP contribution is -2.43. The van der Waals surface area contributed by atoms with Crippen LogP contribution >= 0.6 is 0 Å². The summed E-state index contributed by atoms with van der Waals surface area (Å²) in [5, 5.41) is 9.21. The number of aromatic hydroxyl groups is 1. The number of amides is 2. The number of phenols is 1. The van der Waals surface area contributed by atoms with Crippen LogP contribution in [0.15, 0.2) is 18.2 Å². The third kappa shape index (κ3) is 3.81. The van der Waals surface area contributed by atoms with Crippen molar-refractivity contribution in [2.75, 3.05) is 20.1 Å². The average Bonchev–Trinajstić information content (AvgIpc) is 2.78. The molecule has 0 unspecified atom stereocenters. The van der Waals surface area contributed by atoms with Crippen LogP contribution in [-0.4, -0.2) is 52.4 Å². The van der Waals surface area contributed by atoms with Crippen molar-refractivity contribution in [2.24, 2.45) is 5.92 Å². The number of carbonyl (C=O) groups is 2. The normalized spacial score (nSPS) is 18.4. The topological polar surface area (TPSA) is 60.9 Å². The second-order valence-corrected chi connectivity index (χ2v) is 7.10. The van der Waals surface area contributed by atoms with Gasteiger partial charge in [0.25, 0.3) is 5.91 Å². The fourth-order valence-electron chi connectivity index (χ4n) is 2.91. The zero-order valence-corrected chi connectivity index (χ0v) is 14.0. The number of rotatable bonds is 3. The maximum atomic E-state index is 13.8. The Labute approximate surface area is 135 Å². The summed E-state index contributed by atoms with van der Waals surface area (Å²) in [5.74, 6) is -1.30. The van der Waals surface area contributed by atoms with Crippen LogP contribution in [0.4, 0.5) is 4.39 Å². The first-order chi connectivity index (χ1) is 10.6. The molecule has 0 aliphatic carbocycles. The van der Waals surface area contributed by atoms with Crippen LogP contribution in [0.2, 0.25) is 0 Å². The molecule has 23 heavy (non-hydrogen) atoms. The summed E-state index contributed by atoms with van der Waals surface area (Å²) < 4.78 is 13.8. The minimum Gasteiger partial charge on any atom is -0.508 e. The number of carbonyl (C=O) groups excluding carboxylic acids is 2. The largest absolute Gasteiger partial charge is 0.508 e. The maximum absolute atomic E-state index is 13.8. The smallest absolute Gasteiger partial charge is 0.256 e. The third-order valence-corrected chi connectivity index (χ3v) is 4.08. The Balaban J connectivity index is 2.04. The Morgan fingerprint density at radius 2 is 2.09 bits per heavy atom. The first-order valence-electron chi connectivity index (χ1n) is 7.64. The van der Waals surface area contributed by atoms with Gasteiger partial charge in [-0.25, -0.2) is 4.39 Å². The van der Waals surface area contributed by atoms with Gasteiger partial charge in [0.05, 0.1) is 5.56 Å². The molecule has 2 amide bonds. The van der Waals surface area contributed by atoms with Crippen LogP contribution in [0.5, 0.6) is 5.75 Å². The van der Waals surface area contributed by atoms with Crippen LogP contribution in [-0.2, 0) is 4.79 Å². The fourth-order valence-corrected chi connectivity index (χ4v) is 2.91. The molecule has 0 bridgehead atoms. The zero-order chi connectivity index (χ0) is 17.4. The molecule has 0 aromatic heterocycles. The molecule has 2 rings (SSSR count). The van der Waals surface area contributed by atoms with Gasteiger partial charge in [0.1, 0.15) is 11.6 Å². The van der Waals surface area contributed by atoms with Gasteiger partial charge in [-0.2, -0.15) is 0 Å². The predicted octanol–water partition coefficient (Wildman–Crippen LogP) is 2.25. The van der Waals surface area contributed by atoms with Gasteiger partial charge in [0.15, 0.2) is 0 Å². The van der Waals surface area contributed by atoms with E-state index in [1.807, 2.05) is 25.7 Å². The molecule has 1 N–H and O–H groups in total. The molecule has 5 nitrogen and oxygen atoms in total. The molecule has 1 saturated heterocycles. The molecule has 1 aromatic carbocycles. The van der Waals surface area contributed by atoms with Crippen LogP contribution in [0.3, 0.4) is 0 Å². The first kappa shape index (κ1) is 17.2. The van der Waals surface area contributed by atoms with Crippen molar-refractivity contribution in [2.45, 2.75) is 32.7 Å². The Morgan fingerprint density at radius 1 is 1.43 bits per heavy atom. The highest BCUT2D eigenvalue weighted by Gasteiger charge is 2.37. The summed E-state index contributed by atoms with van der Waals surface area (Å²) in [5.41, 5.74) is -0.320. The number of phenolic OH excluding ortho intramolecular Hbond substituents is 1. The molecular formula is C17H23FN2O3. The van der Waals surface area contributed by atoms with Gasteiger partial charge in [-0.3, -0.25) is 9.59 Å². The summed E-state index contributed by atoms with van der Waals surface area (Å²) in [4.78, 5) is 27.7. The molecule has 1 aliphatic heterocycles. The molecule has 0 saturated carbocycles. The molecule has 6 heteroatoms. The van der Waals surface area contributed by atoms with Crippen molar-refractivity contribution >= 4 is 11.8 Å². The Hall–Kier alpha value is -2.11. The number of likely N-dealkylation sites (tertiary alicyclic amines) is 1. The van der Waals surface area contributed by atoms with E-state index in [9.17, 15) is 19.1 Å². The third-order valence-electron chi connectivity index (χ3n) is 4.08.